The first-order valence-electron chi connectivity index (χ1n) is 4.56. The van der Waals surface area contributed by atoms with Gasteiger partial charge in [0.05, 0.1) is 7.11 Å². The van der Waals surface area contributed by atoms with Crippen molar-refractivity contribution in [3.63, 3.8) is 0 Å². The zero-order valence-corrected chi connectivity index (χ0v) is 9.05. The molecule has 0 saturated carbocycles. The molecule has 14 heavy (non-hydrogen) atoms. The van der Waals surface area contributed by atoms with E-state index in [1.54, 1.807) is 7.11 Å². The van der Waals surface area contributed by atoms with Gasteiger partial charge in [0.2, 0.25) is 0 Å². The first kappa shape index (κ1) is 10.6. The van der Waals surface area contributed by atoms with Crippen LogP contribution in [0.2, 0.25) is 0 Å². The molecule has 0 unspecified atom stereocenters. The third-order valence-electron chi connectivity index (χ3n) is 2.30. The van der Waals surface area contributed by atoms with Crippen molar-refractivity contribution in [3.8, 4) is 0 Å². The van der Waals surface area contributed by atoms with Gasteiger partial charge in [-0.2, -0.15) is 0 Å². The Kier molecular flexibility index (Phi) is 3.13. The predicted octanol–water partition coefficient (Wildman–Crippen LogP) is 3.48. The summed E-state index contributed by atoms with van der Waals surface area (Å²) in [6.45, 7) is 11.9. The van der Waals surface area contributed by atoms with Crippen LogP contribution in [0.3, 0.4) is 0 Å². The summed E-state index contributed by atoms with van der Waals surface area (Å²) in [6.07, 6.45) is 0. The summed E-state index contributed by atoms with van der Waals surface area (Å²) < 4.78 is 5.07. The van der Waals surface area contributed by atoms with Gasteiger partial charge in [0, 0.05) is 5.57 Å². The van der Waals surface area contributed by atoms with Gasteiger partial charge in [-0.25, -0.2) is 0 Å². The lowest BCUT2D eigenvalue weighted by Crippen LogP contribution is -1.93. The Balaban J connectivity index is 3.12. The normalized spacial score (nSPS) is 9.64. The van der Waals surface area contributed by atoms with Crippen LogP contribution < -0.4 is 0 Å². The second kappa shape index (κ2) is 4.14. The largest absolute Gasteiger partial charge is 0.497 e. The first-order chi connectivity index (χ1) is 6.56. The molecule has 0 aliphatic rings. The summed E-state index contributed by atoms with van der Waals surface area (Å²) in [5.41, 5.74) is 4.38. The molecule has 0 aliphatic heterocycles. The van der Waals surface area contributed by atoms with E-state index >= 15 is 0 Å². The van der Waals surface area contributed by atoms with Gasteiger partial charge in [0.25, 0.3) is 0 Å². The summed E-state index contributed by atoms with van der Waals surface area (Å²) in [5, 5.41) is 0. The number of ether oxygens (including phenoxy) is 1. The Hall–Kier alpha value is -1.50. The quantitative estimate of drug-likeness (QED) is 0.521. The predicted molar refractivity (Wildman–Crippen MR) is 61.1 cm³/mol. The maximum atomic E-state index is 5.07. The highest BCUT2D eigenvalue weighted by Crippen LogP contribution is 2.24. The minimum Gasteiger partial charge on any atom is -0.497 e. The van der Waals surface area contributed by atoms with Crippen molar-refractivity contribution in [2.24, 2.45) is 0 Å². The molecule has 1 aromatic rings. The molecule has 74 valence electrons. The van der Waals surface area contributed by atoms with Gasteiger partial charge in [-0.05, 0) is 25.0 Å². The van der Waals surface area contributed by atoms with Crippen LogP contribution in [0.25, 0.3) is 5.57 Å². The van der Waals surface area contributed by atoms with E-state index in [1.807, 2.05) is 0 Å². The average Bonchev–Trinajstić information content (AvgIpc) is 2.19. The summed E-state index contributed by atoms with van der Waals surface area (Å²) in [5.74, 6) is 0.624. The number of aryl methyl sites for hydroxylation is 2. The number of benzene rings is 1. The van der Waals surface area contributed by atoms with Crippen molar-refractivity contribution in [1.29, 1.82) is 0 Å². The highest BCUT2D eigenvalue weighted by Gasteiger charge is 2.06. The first-order valence-corrected chi connectivity index (χ1v) is 4.56. The van der Waals surface area contributed by atoms with Crippen molar-refractivity contribution >= 4 is 5.57 Å². The Bertz CT molecular complexity index is 375. The lowest BCUT2D eigenvalue weighted by Gasteiger charge is -2.11. The number of methoxy groups -OCH3 is 1. The second-order valence-electron chi connectivity index (χ2n) is 3.42. The zero-order chi connectivity index (χ0) is 10.7. The summed E-state index contributed by atoms with van der Waals surface area (Å²) in [6, 6.07) is 6.27. The monoisotopic (exact) mass is 188 g/mol. The third-order valence-corrected chi connectivity index (χ3v) is 2.30. The lowest BCUT2D eigenvalue weighted by atomic mass is 9.99. The van der Waals surface area contributed by atoms with Gasteiger partial charge < -0.3 is 4.74 Å². The van der Waals surface area contributed by atoms with E-state index in [2.05, 4.69) is 45.2 Å². The van der Waals surface area contributed by atoms with Gasteiger partial charge in [0.15, 0.2) is 0 Å². The highest BCUT2D eigenvalue weighted by molar-refractivity contribution is 5.76. The van der Waals surface area contributed by atoms with Crippen LogP contribution in [0.4, 0.5) is 0 Å². The van der Waals surface area contributed by atoms with Gasteiger partial charge >= 0.3 is 0 Å². The molecule has 1 rings (SSSR count). The fourth-order valence-corrected chi connectivity index (χ4v) is 1.33. The molecule has 0 aliphatic carbocycles. The number of hydrogen-bond acceptors (Lipinski definition) is 1. The number of rotatable bonds is 3. The maximum Gasteiger partial charge on any atom is 0.118 e. The molecule has 0 atom stereocenters. The summed E-state index contributed by atoms with van der Waals surface area (Å²) >= 11 is 0. The van der Waals surface area contributed by atoms with Crippen molar-refractivity contribution in [1.82, 2.24) is 0 Å². The Morgan fingerprint density at radius 3 is 2.43 bits per heavy atom. The third kappa shape index (κ3) is 2.05. The molecule has 1 heteroatoms. The average molecular weight is 188 g/mol. The zero-order valence-electron chi connectivity index (χ0n) is 9.05. The van der Waals surface area contributed by atoms with E-state index in [0.29, 0.717) is 5.76 Å². The van der Waals surface area contributed by atoms with E-state index in [1.165, 1.54) is 11.1 Å². The fraction of sp³-hybridized carbons (Fsp3) is 0.231. The molecule has 0 aromatic heterocycles. The SMILES string of the molecule is C=C(OC)C(=C)c1cc(C)ccc1C. The van der Waals surface area contributed by atoms with Crippen LogP contribution in [-0.2, 0) is 4.74 Å². The smallest absolute Gasteiger partial charge is 0.118 e. The summed E-state index contributed by atoms with van der Waals surface area (Å²) in [4.78, 5) is 0. The van der Waals surface area contributed by atoms with Crippen LogP contribution in [-0.4, -0.2) is 7.11 Å². The molecule has 0 amide bonds. The summed E-state index contributed by atoms with van der Waals surface area (Å²) in [7, 11) is 1.61. The molecular weight excluding hydrogens is 172 g/mol. The van der Waals surface area contributed by atoms with Crippen LogP contribution in [0.5, 0.6) is 0 Å². The molecule has 0 heterocycles. The maximum absolute atomic E-state index is 5.07. The molecule has 1 nitrogen and oxygen atoms in total. The van der Waals surface area contributed by atoms with Gasteiger partial charge in [-0.3, -0.25) is 0 Å². The van der Waals surface area contributed by atoms with E-state index in [9.17, 15) is 0 Å². The molecule has 0 saturated heterocycles. The molecule has 0 spiro atoms. The van der Waals surface area contributed by atoms with Gasteiger partial charge in [0.1, 0.15) is 5.76 Å². The number of allylic oxidation sites excluding steroid dienone is 1. The van der Waals surface area contributed by atoms with Crippen LogP contribution in [0.1, 0.15) is 16.7 Å². The Labute approximate surface area is 85.7 Å². The minimum atomic E-state index is 0.624. The van der Waals surface area contributed by atoms with Crippen molar-refractivity contribution in [3.05, 3.63) is 53.8 Å². The lowest BCUT2D eigenvalue weighted by molar-refractivity contribution is 0.313. The van der Waals surface area contributed by atoms with Crippen molar-refractivity contribution < 1.29 is 4.74 Å². The molecule has 0 bridgehead atoms. The van der Waals surface area contributed by atoms with E-state index < -0.39 is 0 Å². The molecule has 0 radical (unpaired) electrons. The minimum absolute atomic E-state index is 0.624. The van der Waals surface area contributed by atoms with Crippen molar-refractivity contribution in [2.75, 3.05) is 7.11 Å². The van der Waals surface area contributed by atoms with E-state index in [0.717, 1.165) is 11.1 Å². The van der Waals surface area contributed by atoms with Crippen LogP contribution in [0.15, 0.2) is 37.1 Å². The fourth-order valence-electron chi connectivity index (χ4n) is 1.33. The van der Waals surface area contributed by atoms with Crippen LogP contribution >= 0.6 is 0 Å². The van der Waals surface area contributed by atoms with E-state index in [4.69, 9.17) is 4.74 Å². The molecule has 1 aromatic carbocycles. The molecule has 0 fully saturated rings. The number of hydrogen-bond donors (Lipinski definition) is 0. The van der Waals surface area contributed by atoms with E-state index in [-0.39, 0.29) is 0 Å². The molecule has 0 N–H and O–H groups in total. The van der Waals surface area contributed by atoms with Crippen molar-refractivity contribution in [2.45, 2.75) is 13.8 Å². The Morgan fingerprint density at radius 1 is 1.21 bits per heavy atom. The molecular formula is C13H16O. The van der Waals surface area contributed by atoms with Crippen LogP contribution in [0, 0.1) is 13.8 Å². The highest BCUT2D eigenvalue weighted by atomic mass is 16.5. The topological polar surface area (TPSA) is 9.23 Å². The standard InChI is InChI=1S/C13H16O/c1-9-6-7-10(2)13(8-9)11(3)12(4)14-5/h6-8H,3-4H2,1-2,5H3. The second-order valence-corrected chi connectivity index (χ2v) is 3.42. The van der Waals surface area contributed by atoms with Gasteiger partial charge in [-0.1, -0.05) is 36.9 Å². The van der Waals surface area contributed by atoms with Gasteiger partial charge in [-0.15, -0.1) is 0 Å². The Morgan fingerprint density at radius 2 is 1.86 bits per heavy atom.